The van der Waals surface area contributed by atoms with E-state index in [1.807, 2.05) is 19.9 Å². The van der Waals surface area contributed by atoms with Gasteiger partial charge in [-0.1, -0.05) is 26.0 Å². The molecule has 29 heavy (non-hydrogen) atoms. The van der Waals surface area contributed by atoms with Crippen molar-refractivity contribution < 1.29 is 19.1 Å². The molecule has 5 rings (SSSR count). The monoisotopic (exact) mass is 398 g/mol. The number of carbonyl (C=O) groups excluding carboxylic acids is 2. The molecule has 0 aromatic rings. The lowest BCUT2D eigenvalue weighted by molar-refractivity contribution is -0.213. The van der Waals surface area contributed by atoms with Gasteiger partial charge < -0.3 is 9.47 Å². The molecule has 4 aliphatic carbocycles. The van der Waals surface area contributed by atoms with Gasteiger partial charge in [-0.25, -0.2) is 0 Å². The maximum absolute atomic E-state index is 13.1. The Hall–Kier alpha value is -1.26. The number of rotatable bonds is 1. The van der Waals surface area contributed by atoms with E-state index in [4.69, 9.17) is 9.47 Å². The quantitative estimate of drug-likeness (QED) is 0.638. The second-order valence-corrected chi connectivity index (χ2v) is 11.2. The highest BCUT2D eigenvalue weighted by Crippen LogP contribution is 2.71. The summed E-state index contributed by atoms with van der Waals surface area (Å²) in [5, 5.41) is 0. The fraction of sp³-hybridized carbons (Fsp3) is 0.760. The molecular formula is C25H34O4. The lowest BCUT2D eigenvalue weighted by Crippen LogP contribution is -2.60. The molecule has 4 nitrogen and oxygen atoms in total. The Kier molecular flexibility index (Phi) is 3.87. The molecule has 158 valence electrons. The Labute approximate surface area is 174 Å². The van der Waals surface area contributed by atoms with Crippen LogP contribution in [0, 0.1) is 28.6 Å². The Morgan fingerprint density at radius 1 is 1.17 bits per heavy atom. The molecule has 3 saturated carbocycles. The zero-order valence-electron chi connectivity index (χ0n) is 18.5. The molecule has 0 aromatic heterocycles. The van der Waals surface area contributed by atoms with Crippen molar-refractivity contribution in [3.05, 3.63) is 23.8 Å². The number of allylic oxidation sites excluding steroid dienone is 2. The van der Waals surface area contributed by atoms with Gasteiger partial charge in [0.25, 0.3) is 0 Å². The van der Waals surface area contributed by atoms with Gasteiger partial charge in [-0.3, -0.25) is 9.59 Å². The number of ether oxygens (including phenoxy) is 2. The summed E-state index contributed by atoms with van der Waals surface area (Å²) in [5.74, 6) is 1.01. The van der Waals surface area contributed by atoms with Crippen molar-refractivity contribution in [2.24, 2.45) is 28.6 Å². The molecule has 1 saturated heterocycles. The third-order valence-corrected chi connectivity index (χ3v) is 9.45. The van der Waals surface area contributed by atoms with Gasteiger partial charge in [0.1, 0.15) is 0 Å². The summed E-state index contributed by atoms with van der Waals surface area (Å²) < 4.78 is 12.8. The van der Waals surface area contributed by atoms with Gasteiger partial charge in [0.2, 0.25) is 0 Å². The predicted molar refractivity (Wildman–Crippen MR) is 110 cm³/mol. The molecule has 0 spiro atoms. The van der Waals surface area contributed by atoms with Crippen LogP contribution in [0.2, 0.25) is 0 Å². The Bertz CT molecular complexity index is 853. The zero-order valence-corrected chi connectivity index (χ0v) is 18.5. The highest BCUT2D eigenvalue weighted by Gasteiger charge is 2.75. The molecule has 4 heteroatoms. The van der Waals surface area contributed by atoms with Gasteiger partial charge in [-0.2, -0.15) is 0 Å². The Morgan fingerprint density at radius 2 is 1.90 bits per heavy atom. The van der Waals surface area contributed by atoms with Crippen molar-refractivity contribution in [3.63, 3.8) is 0 Å². The van der Waals surface area contributed by atoms with Gasteiger partial charge in [-0.05, 0) is 87.7 Å². The third kappa shape index (κ3) is 2.28. The minimum absolute atomic E-state index is 0.0251. The molecule has 5 aliphatic rings. The maximum Gasteiger partial charge on any atom is 0.164 e. The number of hydrogen-bond acceptors (Lipinski definition) is 4. The van der Waals surface area contributed by atoms with Gasteiger partial charge >= 0.3 is 0 Å². The first-order valence-corrected chi connectivity index (χ1v) is 11.3. The van der Waals surface area contributed by atoms with Crippen molar-refractivity contribution in [1.29, 1.82) is 0 Å². The largest absolute Gasteiger partial charge is 0.344 e. The number of fused-ring (bicyclic) bond motifs is 7. The van der Waals surface area contributed by atoms with Crippen molar-refractivity contribution in [2.75, 3.05) is 0 Å². The molecule has 0 amide bonds. The predicted octanol–water partition coefficient (Wildman–Crippen LogP) is 4.77. The Morgan fingerprint density at radius 3 is 2.59 bits per heavy atom. The van der Waals surface area contributed by atoms with E-state index in [1.165, 1.54) is 5.57 Å². The maximum atomic E-state index is 13.1. The van der Waals surface area contributed by atoms with Crippen LogP contribution in [-0.4, -0.2) is 29.1 Å². The molecule has 0 bridgehead atoms. The van der Waals surface area contributed by atoms with Crippen LogP contribution in [0.5, 0.6) is 0 Å². The van der Waals surface area contributed by atoms with Crippen LogP contribution >= 0.6 is 0 Å². The summed E-state index contributed by atoms with van der Waals surface area (Å²) in [6.45, 7) is 14.6. The third-order valence-electron chi connectivity index (χ3n) is 9.45. The van der Waals surface area contributed by atoms with Crippen LogP contribution < -0.4 is 0 Å². The van der Waals surface area contributed by atoms with Crippen LogP contribution in [0.15, 0.2) is 23.8 Å². The molecule has 1 heterocycles. The summed E-state index contributed by atoms with van der Waals surface area (Å²) >= 11 is 0. The molecule has 4 fully saturated rings. The summed E-state index contributed by atoms with van der Waals surface area (Å²) in [5.41, 5.74) is 1.29. The van der Waals surface area contributed by atoms with E-state index < -0.39 is 11.4 Å². The topological polar surface area (TPSA) is 52.6 Å². The van der Waals surface area contributed by atoms with Crippen molar-refractivity contribution in [3.8, 4) is 0 Å². The van der Waals surface area contributed by atoms with Gasteiger partial charge in [-0.15, -0.1) is 0 Å². The highest BCUT2D eigenvalue weighted by molar-refractivity contribution is 5.92. The normalized spacial score (nSPS) is 50.3. The number of ketones is 2. The zero-order chi connectivity index (χ0) is 21.0. The van der Waals surface area contributed by atoms with E-state index in [9.17, 15) is 9.59 Å². The number of carbonyl (C=O) groups is 2. The lowest BCUT2D eigenvalue weighted by Gasteiger charge is -2.59. The molecule has 7 atom stereocenters. The van der Waals surface area contributed by atoms with Gasteiger partial charge in [0.15, 0.2) is 23.0 Å². The fourth-order valence-electron chi connectivity index (χ4n) is 8.31. The summed E-state index contributed by atoms with van der Waals surface area (Å²) in [6, 6.07) is 0. The van der Waals surface area contributed by atoms with Crippen LogP contribution in [0.25, 0.3) is 0 Å². The Balaban J connectivity index is 1.57. The standard InChI is InChI=1S/C25H34O4/c1-14-11-17-18(23(5)9-7-16(27)12-19(14)23)8-10-24(6)20(17)13-21-25(24,15(2)26)29-22(3,4)28-21/h12,17-18,20-21H,1,7-11,13H2,2-6H3. The molecule has 1 aliphatic heterocycles. The molecule has 0 aromatic carbocycles. The van der Waals surface area contributed by atoms with E-state index in [-0.39, 0.29) is 28.5 Å². The van der Waals surface area contributed by atoms with E-state index in [1.54, 1.807) is 6.92 Å². The van der Waals surface area contributed by atoms with E-state index in [2.05, 4.69) is 20.4 Å². The van der Waals surface area contributed by atoms with Gasteiger partial charge in [0, 0.05) is 11.8 Å². The summed E-state index contributed by atoms with van der Waals surface area (Å²) in [4.78, 5) is 25.2. The van der Waals surface area contributed by atoms with Crippen molar-refractivity contribution in [1.82, 2.24) is 0 Å². The first-order chi connectivity index (χ1) is 13.4. The fourth-order valence-corrected chi connectivity index (χ4v) is 8.31. The van der Waals surface area contributed by atoms with E-state index >= 15 is 0 Å². The van der Waals surface area contributed by atoms with E-state index in [0.29, 0.717) is 24.2 Å². The van der Waals surface area contributed by atoms with Crippen LogP contribution in [-0.2, 0) is 19.1 Å². The minimum atomic E-state index is -0.840. The molecule has 7 unspecified atom stereocenters. The smallest absolute Gasteiger partial charge is 0.164 e. The second-order valence-electron chi connectivity index (χ2n) is 11.2. The van der Waals surface area contributed by atoms with Crippen molar-refractivity contribution in [2.45, 2.75) is 90.6 Å². The van der Waals surface area contributed by atoms with Crippen molar-refractivity contribution >= 4 is 11.6 Å². The van der Waals surface area contributed by atoms with E-state index in [0.717, 1.165) is 37.7 Å². The molecule has 0 N–H and O–H groups in total. The molecular weight excluding hydrogens is 364 g/mol. The van der Waals surface area contributed by atoms with Crippen LogP contribution in [0.1, 0.15) is 73.1 Å². The summed E-state index contributed by atoms with van der Waals surface area (Å²) in [6.07, 6.45) is 7.10. The molecule has 0 radical (unpaired) electrons. The van der Waals surface area contributed by atoms with Gasteiger partial charge in [0.05, 0.1) is 6.10 Å². The lowest BCUT2D eigenvalue weighted by atomic mass is 9.45. The first kappa shape index (κ1) is 19.7. The first-order valence-electron chi connectivity index (χ1n) is 11.3. The van der Waals surface area contributed by atoms with Crippen LogP contribution in [0.4, 0.5) is 0 Å². The number of Topliss-reactive ketones (excluding diaryl/α,β-unsaturated/α-hetero) is 1. The SMILES string of the molecule is C=C1CC2C(CCC3(C)C2CC2OC(C)(C)OC23C(C)=O)C2(C)CCC(=O)C=C12. The highest BCUT2D eigenvalue weighted by atomic mass is 16.8. The summed E-state index contributed by atoms with van der Waals surface area (Å²) in [7, 11) is 0. The minimum Gasteiger partial charge on any atom is -0.344 e. The second kappa shape index (κ2) is 5.70. The van der Waals surface area contributed by atoms with Crippen LogP contribution in [0.3, 0.4) is 0 Å². The average Bonchev–Trinajstić information content (AvgIpc) is 3.03. The number of hydrogen-bond donors (Lipinski definition) is 0. The average molecular weight is 399 g/mol.